The van der Waals surface area contributed by atoms with E-state index in [0.29, 0.717) is 11.5 Å². The van der Waals surface area contributed by atoms with Crippen molar-refractivity contribution in [2.24, 2.45) is 0 Å². The largest absolute Gasteiger partial charge is 0.396 e. The van der Waals surface area contributed by atoms with E-state index in [0.717, 1.165) is 0 Å². The smallest absolute Gasteiger partial charge is 0.239 e. The van der Waals surface area contributed by atoms with Gasteiger partial charge in [-0.2, -0.15) is 5.26 Å². The third kappa shape index (κ3) is 2.60. The summed E-state index contributed by atoms with van der Waals surface area (Å²) in [6.45, 7) is 0.179. The van der Waals surface area contributed by atoms with Crippen LogP contribution in [-0.2, 0) is 4.79 Å². The number of likely N-dealkylation sites (N-methyl/N-ethyl adjacent to an activating group) is 2. The van der Waals surface area contributed by atoms with Crippen molar-refractivity contribution in [3.63, 3.8) is 0 Å². The molecule has 0 spiro atoms. The summed E-state index contributed by atoms with van der Waals surface area (Å²) in [7, 11) is 3.28. The predicted octanol–water partition coefficient (Wildman–Crippen LogP) is -0.282. The number of nitrogens with one attached hydrogen (secondary N) is 1. The van der Waals surface area contributed by atoms with Gasteiger partial charge in [0.15, 0.2) is 5.69 Å². The first-order valence-electron chi connectivity index (χ1n) is 4.66. The molecule has 0 fully saturated rings. The lowest BCUT2D eigenvalue weighted by Crippen LogP contribution is -2.33. The van der Waals surface area contributed by atoms with E-state index in [1.165, 1.54) is 0 Å². The third-order valence-electron chi connectivity index (χ3n) is 2.07. The SMILES string of the molecule is CNC(=O)CN(C)c1ccc(N)c(C#N)n1. The number of aromatic nitrogens is 1. The zero-order valence-corrected chi connectivity index (χ0v) is 9.19. The molecular formula is C10H13N5O. The molecule has 0 saturated heterocycles. The molecule has 0 aliphatic heterocycles. The second-order valence-electron chi connectivity index (χ2n) is 3.25. The molecule has 84 valence electrons. The van der Waals surface area contributed by atoms with Gasteiger partial charge in [0.25, 0.3) is 0 Å². The fourth-order valence-electron chi connectivity index (χ4n) is 1.14. The van der Waals surface area contributed by atoms with Crippen molar-refractivity contribution in [2.75, 3.05) is 31.3 Å². The number of pyridine rings is 1. The molecule has 1 rings (SSSR count). The standard InChI is InChI=1S/C10H13N5O/c1-13-10(16)6-15(2)9-4-3-7(12)8(5-11)14-9/h3-4H,6,12H2,1-2H3,(H,13,16). The van der Waals surface area contributed by atoms with Gasteiger partial charge < -0.3 is 16.0 Å². The van der Waals surface area contributed by atoms with Crippen LogP contribution in [0.3, 0.4) is 0 Å². The summed E-state index contributed by atoms with van der Waals surface area (Å²) in [5, 5.41) is 11.3. The Balaban J connectivity index is 2.89. The molecule has 1 aromatic heterocycles. The topological polar surface area (TPSA) is 95.0 Å². The molecule has 0 aromatic carbocycles. The first-order chi connectivity index (χ1) is 7.58. The highest BCUT2D eigenvalue weighted by Crippen LogP contribution is 2.14. The van der Waals surface area contributed by atoms with Gasteiger partial charge in [-0.1, -0.05) is 0 Å². The molecule has 0 atom stereocenters. The summed E-state index contributed by atoms with van der Waals surface area (Å²) in [5.74, 6) is 0.411. The van der Waals surface area contributed by atoms with Crippen molar-refractivity contribution in [2.45, 2.75) is 0 Å². The summed E-state index contributed by atoms with van der Waals surface area (Å²) < 4.78 is 0. The summed E-state index contributed by atoms with van der Waals surface area (Å²) in [5.41, 5.74) is 6.05. The van der Waals surface area contributed by atoms with E-state index in [2.05, 4.69) is 10.3 Å². The minimum Gasteiger partial charge on any atom is -0.396 e. The molecule has 1 amide bonds. The molecule has 0 aliphatic carbocycles. The number of carbonyl (C=O) groups is 1. The van der Waals surface area contributed by atoms with Crippen molar-refractivity contribution in [1.82, 2.24) is 10.3 Å². The Kier molecular flexibility index (Phi) is 3.67. The van der Waals surface area contributed by atoms with Crippen molar-refractivity contribution >= 4 is 17.4 Å². The molecular weight excluding hydrogens is 206 g/mol. The quantitative estimate of drug-likeness (QED) is 0.728. The Labute approximate surface area is 93.7 Å². The normalized spacial score (nSPS) is 9.31. The van der Waals surface area contributed by atoms with Crippen LogP contribution in [0.1, 0.15) is 5.69 Å². The van der Waals surface area contributed by atoms with E-state index in [1.807, 2.05) is 6.07 Å². The van der Waals surface area contributed by atoms with Gasteiger partial charge in [0, 0.05) is 14.1 Å². The van der Waals surface area contributed by atoms with Crippen LogP contribution < -0.4 is 16.0 Å². The summed E-state index contributed by atoms with van der Waals surface area (Å²) in [6.07, 6.45) is 0. The number of nitriles is 1. The maximum atomic E-state index is 11.1. The van der Waals surface area contributed by atoms with Gasteiger partial charge in [0.05, 0.1) is 12.2 Å². The molecule has 6 nitrogen and oxygen atoms in total. The highest BCUT2D eigenvalue weighted by molar-refractivity contribution is 5.80. The zero-order valence-electron chi connectivity index (χ0n) is 9.19. The van der Waals surface area contributed by atoms with E-state index in [4.69, 9.17) is 11.0 Å². The number of hydrogen-bond donors (Lipinski definition) is 2. The number of anilines is 2. The van der Waals surface area contributed by atoms with Gasteiger partial charge in [-0.3, -0.25) is 4.79 Å². The third-order valence-corrected chi connectivity index (χ3v) is 2.07. The predicted molar refractivity (Wildman–Crippen MR) is 60.7 cm³/mol. The Bertz CT molecular complexity index is 437. The molecule has 1 heterocycles. The number of nitrogens with zero attached hydrogens (tertiary/aromatic N) is 3. The van der Waals surface area contributed by atoms with Crippen molar-refractivity contribution in [3.05, 3.63) is 17.8 Å². The maximum Gasteiger partial charge on any atom is 0.239 e. The van der Waals surface area contributed by atoms with Crippen LogP contribution >= 0.6 is 0 Å². The fourth-order valence-corrected chi connectivity index (χ4v) is 1.14. The van der Waals surface area contributed by atoms with Gasteiger partial charge in [-0.25, -0.2) is 4.98 Å². The number of nitrogens with two attached hydrogens (primary N) is 1. The Morgan fingerprint density at radius 2 is 2.38 bits per heavy atom. The molecule has 0 bridgehead atoms. The number of hydrogen-bond acceptors (Lipinski definition) is 5. The van der Waals surface area contributed by atoms with E-state index in [-0.39, 0.29) is 18.1 Å². The number of nitrogen functional groups attached to an aromatic ring is 1. The summed E-state index contributed by atoms with van der Waals surface area (Å²) in [4.78, 5) is 16.8. The number of carbonyl (C=O) groups excluding carboxylic acids is 1. The van der Waals surface area contributed by atoms with Gasteiger partial charge in [-0.05, 0) is 12.1 Å². The molecule has 0 radical (unpaired) electrons. The van der Waals surface area contributed by atoms with Crippen LogP contribution in [0.2, 0.25) is 0 Å². The number of rotatable bonds is 3. The van der Waals surface area contributed by atoms with Gasteiger partial charge in [0.2, 0.25) is 5.91 Å². The second-order valence-corrected chi connectivity index (χ2v) is 3.25. The molecule has 6 heteroatoms. The van der Waals surface area contributed by atoms with Crippen LogP contribution in [-0.4, -0.2) is 31.5 Å². The molecule has 0 unspecified atom stereocenters. The van der Waals surface area contributed by atoms with E-state index in [9.17, 15) is 4.79 Å². The molecule has 16 heavy (non-hydrogen) atoms. The molecule has 0 aliphatic rings. The second kappa shape index (κ2) is 4.98. The van der Waals surface area contributed by atoms with Crippen LogP contribution in [0.25, 0.3) is 0 Å². The summed E-state index contributed by atoms with van der Waals surface area (Å²) >= 11 is 0. The lowest BCUT2D eigenvalue weighted by molar-refractivity contribution is -0.119. The minimum atomic E-state index is -0.125. The lowest BCUT2D eigenvalue weighted by Gasteiger charge is -2.17. The average Bonchev–Trinajstić information content (AvgIpc) is 2.29. The maximum absolute atomic E-state index is 11.1. The Morgan fingerprint density at radius 1 is 1.69 bits per heavy atom. The van der Waals surface area contributed by atoms with E-state index in [1.54, 1.807) is 31.1 Å². The Morgan fingerprint density at radius 3 is 2.94 bits per heavy atom. The molecule has 0 saturated carbocycles. The van der Waals surface area contributed by atoms with Crippen molar-refractivity contribution in [3.8, 4) is 6.07 Å². The van der Waals surface area contributed by atoms with Crippen molar-refractivity contribution in [1.29, 1.82) is 5.26 Å². The molecule has 1 aromatic rings. The van der Waals surface area contributed by atoms with Crippen LogP contribution in [0.15, 0.2) is 12.1 Å². The summed E-state index contributed by atoms with van der Waals surface area (Å²) in [6, 6.07) is 5.16. The van der Waals surface area contributed by atoms with Crippen LogP contribution in [0.5, 0.6) is 0 Å². The first kappa shape index (κ1) is 11.8. The highest BCUT2D eigenvalue weighted by Gasteiger charge is 2.09. The monoisotopic (exact) mass is 219 g/mol. The average molecular weight is 219 g/mol. The lowest BCUT2D eigenvalue weighted by atomic mass is 10.3. The zero-order chi connectivity index (χ0) is 12.1. The van der Waals surface area contributed by atoms with Crippen LogP contribution in [0.4, 0.5) is 11.5 Å². The van der Waals surface area contributed by atoms with Crippen LogP contribution in [0, 0.1) is 11.3 Å². The van der Waals surface area contributed by atoms with E-state index >= 15 is 0 Å². The number of amides is 1. The van der Waals surface area contributed by atoms with E-state index < -0.39 is 0 Å². The van der Waals surface area contributed by atoms with Gasteiger partial charge in [-0.15, -0.1) is 0 Å². The van der Waals surface area contributed by atoms with Gasteiger partial charge >= 0.3 is 0 Å². The first-order valence-corrected chi connectivity index (χ1v) is 4.66. The molecule has 3 N–H and O–H groups in total. The highest BCUT2D eigenvalue weighted by atomic mass is 16.1. The van der Waals surface area contributed by atoms with Gasteiger partial charge in [0.1, 0.15) is 11.9 Å². The Hall–Kier alpha value is -2.29. The fraction of sp³-hybridized carbons (Fsp3) is 0.300. The van der Waals surface area contributed by atoms with Crippen molar-refractivity contribution < 1.29 is 4.79 Å². The minimum absolute atomic E-state index is 0.125.